The largest absolute Gasteiger partial charge is 0.497 e. The number of methoxy groups -OCH3 is 1. The van der Waals surface area contributed by atoms with E-state index in [1.165, 1.54) is 6.26 Å². The molecule has 4 rings (SSSR count). The van der Waals surface area contributed by atoms with Gasteiger partial charge in [-0.2, -0.15) is 4.98 Å². The molecule has 0 bridgehead atoms. The van der Waals surface area contributed by atoms with Crippen LogP contribution in [0.15, 0.2) is 57.9 Å². The van der Waals surface area contributed by atoms with E-state index < -0.39 is 15.9 Å². The summed E-state index contributed by atoms with van der Waals surface area (Å²) in [6.45, 7) is 1.00. The van der Waals surface area contributed by atoms with Crippen LogP contribution in [0.2, 0.25) is 0 Å². The van der Waals surface area contributed by atoms with E-state index in [4.69, 9.17) is 9.26 Å². The van der Waals surface area contributed by atoms with Crippen LogP contribution in [-0.4, -0.2) is 54.6 Å². The molecule has 1 fully saturated rings. The maximum atomic E-state index is 11.6. The number of hydrogen-bond acceptors (Lipinski definition) is 8. The summed E-state index contributed by atoms with van der Waals surface area (Å²) in [5, 5.41) is 14.3. The van der Waals surface area contributed by atoms with Crippen LogP contribution >= 0.6 is 0 Å². The number of aromatic nitrogens is 2. The van der Waals surface area contributed by atoms with E-state index >= 15 is 0 Å². The van der Waals surface area contributed by atoms with Crippen molar-refractivity contribution in [2.75, 3.05) is 19.9 Å². The predicted octanol–water partition coefficient (Wildman–Crippen LogP) is 2.46. The first kappa shape index (κ1) is 20.5. The van der Waals surface area contributed by atoms with Crippen LogP contribution < -0.4 is 4.74 Å². The van der Waals surface area contributed by atoms with E-state index in [1.54, 1.807) is 31.4 Å². The number of ether oxygens (including phenoxy) is 1. The molecule has 8 nitrogen and oxygen atoms in total. The van der Waals surface area contributed by atoms with E-state index in [2.05, 4.69) is 15.0 Å². The lowest BCUT2D eigenvalue weighted by molar-refractivity contribution is 0.169. The van der Waals surface area contributed by atoms with Crippen molar-refractivity contribution in [2.45, 2.75) is 30.0 Å². The number of likely N-dealkylation sites (tertiary alicyclic amines) is 1. The van der Waals surface area contributed by atoms with Gasteiger partial charge in [-0.1, -0.05) is 17.3 Å². The van der Waals surface area contributed by atoms with E-state index in [1.807, 2.05) is 24.3 Å². The van der Waals surface area contributed by atoms with Crippen LogP contribution in [0.1, 0.15) is 23.9 Å². The van der Waals surface area contributed by atoms with Crippen LogP contribution in [0, 0.1) is 0 Å². The lowest BCUT2D eigenvalue weighted by Gasteiger charge is -2.21. The van der Waals surface area contributed by atoms with Crippen molar-refractivity contribution in [1.82, 2.24) is 15.0 Å². The highest BCUT2D eigenvalue weighted by molar-refractivity contribution is 7.90. The van der Waals surface area contributed by atoms with Gasteiger partial charge in [0.05, 0.1) is 24.2 Å². The van der Waals surface area contributed by atoms with Gasteiger partial charge in [-0.3, -0.25) is 4.90 Å². The van der Waals surface area contributed by atoms with Crippen LogP contribution in [0.3, 0.4) is 0 Å². The standard InChI is InChI=1S/C21H23N3O5S/c1-28-17-7-5-15(6-8-17)20-22-21(29-23-20)19-11-16(25)13-24(19)12-14-3-9-18(10-4-14)30(2,26)27/h3-10,16,19,25H,11-13H2,1-2H3/t16-,19+/m1/s1. The highest BCUT2D eigenvalue weighted by Crippen LogP contribution is 2.33. The fourth-order valence-corrected chi connectivity index (χ4v) is 4.25. The zero-order valence-corrected chi connectivity index (χ0v) is 17.5. The lowest BCUT2D eigenvalue weighted by Crippen LogP contribution is -2.24. The second-order valence-electron chi connectivity index (χ2n) is 7.44. The van der Waals surface area contributed by atoms with Gasteiger partial charge < -0.3 is 14.4 Å². The Balaban J connectivity index is 1.52. The van der Waals surface area contributed by atoms with Gasteiger partial charge in [0.25, 0.3) is 0 Å². The summed E-state index contributed by atoms with van der Waals surface area (Å²) in [5.74, 6) is 1.67. The summed E-state index contributed by atoms with van der Waals surface area (Å²) in [7, 11) is -1.62. The van der Waals surface area contributed by atoms with Crippen molar-refractivity contribution in [1.29, 1.82) is 0 Å². The average molecular weight is 429 g/mol. The van der Waals surface area contributed by atoms with Crippen LogP contribution in [0.4, 0.5) is 0 Å². The van der Waals surface area contributed by atoms with Crippen molar-refractivity contribution in [3.63, 3.8) is 0 Å². The smallest absolute Gasteiger partial charge is 0.244 e. The summed E-state index contributed by atoms with van der Waals surface area (Å²) in [4.78, 5) is 6.88. The molecule has 1 aliphatic heterocycles. The number of rotatable bonds is 6. The summed E-state index contributed by atoms with van der Waals surface area (Å²) < 4.78 is 34.0. The molecule has 0 spiro atoms. The van der Waals surface area contributed by atoms with Gasteiger partial charge >= 0.3 is 0 Å². The molecule has 158 valence electrons. The number of sulfone groups is 1. The summed E-state index contributed by atoms with van der Waals surface area (Å²) >= 11 is 0. The number of aliphatic hydroxyl groups is 1. The number of hydrogen-bond donors (Lipinski definition) is 1. The first-order valence-electron chi connectivity index (χ1n) is 9.52. The minimum atomic E-state index is -3.23. The third-order valence-electron chi connectivity index (χ3n) is 5.19. The molecule has 1 aromatic heterocycles. The molecular weight excluding hydrogens is 406 g/mol. The van der Waals surface area contributed by atoms with Gasteiger partial charge in [-0.25, -0.2) is 8.42 Å². The molecule has 0 unspecified atom stereocenters. The van der Waals surface area contributed by atoms with E-state index in [0.29, 0.717) is 31.2 Å². The summed E-state index contributed by atoms with van der Waals surface area (Å²) in [6.07, 6.45) is 1.18. The van der Waals surface area contributed by atoms with Crippen molar-refractivity contribution in [3.05, 3.63) is 60.0 Å². The maximum Gasteiger partial charge on any atom is 0.244 e. The average Bonchev–Trinajstić information content (AvgIpc) is 3.34. The Labute approximate surface area is 175 Å². The molecule has 30 heavy (non-hydrogen) atoms. The Bertz CT molecular complexity index is 1110. The minimum absolute atomic E-state index is 0.214. The molecule has 1 aliphatic rings. The highest BCUT2D eigenvalue weighted by atomic mass is 32.2. The van der Waals surface area contributed by atoms with Crippen molar-refractivity contribution >= 4 is 9.84 Å². The summed E-state index contributed by atoms with van der Waals surface area (Å²) in [6, 6.07) is 13.9. The topological polar surface area (TPSA) is 106 Å². The molecule has 9 heteroatoms. The first-order valence-corrected chi connectivity index (χ1v) is 11.4. The normalized spacial score (nSPS) is 19.8. The molecule has 0 aliphatic carbocycles. The second kappa shape index (κ2) is 8.17. The van der Waals surface area contributed by atoms with Crippen LogP contribution in [-0.2, 0) is 16.4 Å². The number of benzene rings is 2. The van der Waals surface area contributed by atoms with Gasteiger partial charge in [-0.15, -0.1) is 0 Å². The van der Waals surface area contributed by atoms with Crippen molar-refractivity contribution in [2.24, 2.45) is 0 Å². The Hall–Kier alpha value is -2.75. The Morgan fingerprint density at radius 1 is 1.17 bits per heavy atom. The van der Waals surface area contributed by atoms with Crippen LogP contribution in [0.25, 0.3) is 11.4 Å². The molecule has 1 saturated heterocycles. The second-order valence-corrected chi connectivity index (χ2v) is 9.45. The van der Waals surface area contributed by atoms with E-state index in [0.717, 1.165) is 16.9 Å². The maximum absolute atomic E-state index is 11.6. The third kappa shape index (κ3) is 4.38. The Morgan fingerprint density at radius 2 is 1.87 bits per heavy atom. The van der Waals surface area contributed by atoms with Gasteiger partial charge in [-0.05, 0) is 48.4 Å². The molecule has 0 amide bonds. The van der Waals surface area contributed by atoms with Crippen molar-refractivity contribution in [3.8, 4) is 17.1 Å². The Kier molecular flexibility index (Phi) is 5.59. The molecule has 2 aromatic carbocycles. The van der Waals surface area contributed by atoms with Gasteiger partial charge in [0, 0.05) is 24.9 Å². The fraction of sp³-hybridized carbons (Fsp3) is 0.333. The lowest BCUT2D eigenvalue weighted by atomic mass is 10.1. The Morgan fingerprint density at radius 3 is 2.50 bits per heavy atom. The highest BCUT2D eigenvalue weighted by Gasteiger charge is 2.36. The molecule has 0 saturated carbocycles. The quantitative estimate of drug-likeness (QED) is 0.637. The van der Waals surface area contributed by atoms with Gasteiger partial charge in [0.2, 0.25) is 11.7 Å². The molecule has 3 aromatic rings. The minimum Gasteiger partial charge on any atom is -0.497 e. The zero-order valence-electron chi connectivity index (χ0n) is 16.7. The molecule has 0 radical (unpaired) electrons. The van der Waals surface area contributed by atoms with Crippen LogP contribution in [0.5, 0.6) is 5.75 Å². The van der Waals surface area contributed by atoms with E-state index in [-0.39, 0.29) is 10.9 Å². The number of aliphatic hydroxyl groups excluding tert-OH is 1. The molecular formula is C21H23N3O5S. The van der Waals surface area contributed by atoms with E-state index in [9.17, 15) is 13.5 Å². The third-order valence-corrected chi connectivity index (χ3v) is 6.32. The molecule has 2 heterocycles. The van der Waals surface area contributed by atoms with Crippen molar-refractivity contribution < 1.29 is 22.8 Å². The number of β-amino-alcohol motifs (C(OH)–C–C–N with tert-alkyl or cyclic N) is 1. The predicted molar refractivity (Wildman–Crippen MR) is 110 cm³/mol. The first-order chi connectivity index (χ1) is 14.3. The number of nitrogens with zero attached hydrogens (tertiary/aromatic N) is 3. The van der Waals surface area contributed by atoms with Gasteiger partial charge in [0.1, 0.15) is 5.75 Å². The summed E-state index contributed by atoms with van der Waals surface area (Å²) in [5.41, 5.74) is 1.75. The molecule has 1 N–H and O–H groups in total. The molecule has 2 atom stereocenters. The SMILES string of the molecule is COc1ccc(-c2noc([C@@H]3C[C@@H](O)CN3Cc3ccc(S(C)(=O)=O)cc3)n2)cc1. The monoisotopic (exact) mass is 429 g/mol. The van der Waals surface area contributed by atoms with Gasteiger partial charge in [0.15, 0.2) is 9.84 Å². The fourth-order valence-electron chi connectivity index (χ4n) is 3.62. The zero-order chi connectivity index (χ0) is 21.3.